The van der Waals surface area contributed by atoms with Crippen LogP contribution in [-0.2, 0) is 4.74 Å². The van der Waals surface area contributed by atoms with Crippen LogP contribution in [0.1, 0.15) is 32.1 Å². The molecule has 0 aliphatic heterocycles. The Kier molecular flexibility index (Phi) is 4.90. The number of hydrogen-bond acceptors (Lipinski definition) is 3. The molecule has 0 bridgehead atoms. The molecule has 0 aromatic heterocycles. The number of ether oxygens (including phenoxy) is 1. The lowest BCUT2D eigenvalue weighted by Crippen LogP contribution is -2.25. The second-order valence-corrected chi connectivity index (χ2v) is 4.85. The predicted octanol–water partition coefficient (Wildman–Crippen LogP) is 1.14. The Labute approximate surface area is 93.0 Å². The van der Waals surface area contributed by atoms with Gasteiger partial charge in [0.25, 0.3) is 0 Å². The summed E-state index contributed by atoms with van der Waals surface area (Å²) >= 11 is 0. The van der Waals surface area contributed by atoms with Crippen LogP contribution in [0.5, 0.6) is 0 Å². The van der Waals surface area contributed by atoms with Crippen molar-refractivity contribution < 1.29 is 4.74 Å². The minimum absolute atomic E-state index is 0.854. The highest BCUT2D eigenvalue weighted by Crippen LogP contribution is 2.28. The Hall–Kier alpha value is -0.120. The van der Waals surface area contributed by atoms with Gasteiger partial charge in [0.2, 0.25) is 0 Å². The average molecular weight is 212 g/mol. The highest BCUT2D eigenvalue weighted by atomic mass is 16.5. The Bertz CT molecular complexity index is 149. The van der Waals surface area contributed by atoms with E-state index in [-0.39, 0.29) is 0 Å². The van der Waals surface area contributed by atoms with Crippen molar-refractivity contribution in [1.82, 2.24) is 10.6 Å². The summed E-state index contributed by atoms with van der Waals surface area (Å²) in [6.07, 6.45) is 6.80. The molecular formula is C12H24N2O. The second-order valence-electron chi connectivity index (χ2n) is 4.85. The monoisotopic (exact) mass is 212 g/mol. The molecule has 0 aromatic rings. The molecule has 2 aliphatic carbocycles. The normalized spacial score (nSPS) is 20.8. The smallest absolute Gasteiger partial charge is 0.0591 e. The Morgan fingerprint density at radius 1 is 1.00 bits per heavy atom. The molecule has 2 saturated carbocycles. The third-order valence-electron chi connectivity index (χ3n) is 3.01. The minimum Gasteiger partial charge on any atom is -0.380 e. The van der Waals surface area contributed by atoms with Crippen LogP contribution in [0.3, 0.4) is 0 Å². The molecule has 2 fully saturated rings. The second kappa shape index (κ2) is 6.46. The molecule has 2 aliphatic rings. The van der Waals surface area contributed by atoms with Crippen LogP contribution >= 0.6 is 0 Å². The summed E-state index contributed by atoms with van der Waals surface area (Å²) in [5, 5.41) is 6.92. The fourth-order valence-electron chi connectivity index (χ4n) is 1.61. The van der Waals surface area contributed by atoms with Crippen molar-refractivity contribution in [2.75, 3.05) is 32.8 Å². The highest BCUT2D eigenvalue weighted by molar-refractivity contribution is 4.80. The molecule has 0 spiro atoms. The van der Waals surface area contributed by atoms with Crippen LogP contribution in [-0.4, -0.2) is 38.9 Å². The lowest BCUT2D eigenvalue weighted by Gasteiger charge is -2.06. The molecule has 2 N–H and O–H groups in total. The van der Waals surface area contributed by atoms with Crippen LogP contribution in [0.4, 0.5) is 0 Å². The molecule has 0 unspecified atom stereocenters. The van der Waals surface area contributed by atoms with Gasteiger partial charge in [-0.05, 0) is 51.1 Å². The first kappa shape index (κ1) is 11.4. The van der Waals surface area contributed by atoms with Gasteiger partial charge in [0.05, 0.1) is 6.61 Å². The van der Waals surface area contributed by atoms with E-state index in [0.29, 0.717) is 0 Å². The number of rotatable bonds is 10. The maximum atomic E-state index is 5.53. The van der Waals surface area contributed by atoms with Gasteiger partial charge in [-0.15, -0.1) is 0 Å². The molecule has 0 radical (unpaired) electrons. The van der Waals surface area contributed by atoms with Gasteiger partial charge in [0.1, 0.15) is 0 Å². The summed E-state index contributed by atoms with van der Waals surface area (Å²) in [6, 6.07) is 0.854. The van der Waals surface area contributed by atoms with E-state index in [2.05, 4.69) is 10.6 Å². The largest absolute Gasteiger partial charge is 0.380 e. The van der Waals surface area contributed by atoms with Gasteiger partial charge in [-0.1, -0.05) is 0 Å². The van der Waals surface area contributed by atoms with Crippen molar-refractivity contribution in [2.45, 2.75) is 38.1 Å². The maximum Gasteiger partial charge on any atom is 0.0591 e. The summed E-state index contributed by atoms with van der Waals surface area (Å²) in [5.74, 6) is 0.896. The Balaban J connectivity index is 1.23. The Morgan fingerprint density at radius 3 is 2.60 bits per heavy atom. The lowest BCUT2D eigenvalue weighted by molar-refractivity contribution is 0.126. The van der Waals surface area contributed by atoms with E-state index in [4.69, 9.17) is 4.74 Å². The van der Waals surface area contributed by atoms with Crippen LogP contribution in [0.25, 0.3) is 0 Å². The van der Waals surface area contributed by atoms with Crippen LogP contribution in [0, 0.1) is 5.92 Å². The molecule has 0 atom stereocenters. The predicted molar refractivity (Wildman–Crippen MR) is 62.1 cm³/mol. The molecule has 2 rings (SSSR count). The summed E-state index contributed by atoms with van der Waals surface area (Å²) in [4.78, 5) is 0. The fraction of sp³-hybridized carbons (Fsp3) is 1.00. The quantitative estimate of drug-likeness (QED) is 0.533. The van der Waals surface area contributed by atoms with E-state index in [1.54, 1.807) is 0 Å². The van der Waals surface area contributed by atoms with Gasteiger partial charge in [-0.25, -0.2) is 0 Å². The van der Waals surface area contributed by atoms with E-state index >= 15 is 0 Å². The van der Waals surface area contributed by atoms with Crippen molar-refractivity contribution in [2.24, 2.45) is 5.92 Å². The van der Waals surface area contributed by atoms with Gasteiger partial charge in [-0.3, -0.25) is 0 Å². The van der Waals surface area contributed by atoms with Crippen LogP contribution in [0.2, 0.25) is 0 Å². The van der Waals surface area contributed by atoms with Gasteiger partial charge in [0, 0.05) is 19.2 Å². The van der Waals surface area contributed by atoms with Gasteiger partial charge in [-0.2, -0.15) is 0 Å². The van der Waals surface area contributed by atoms with Crippen molar-refractivity contribution in [3.63, 3.8) is 0 Å². The van der Waals surface area contributed by atoms with Gasteiger partial charge >= 0.3 is 0 Å². The zero-order valence-corrected chi connectivity index (χ0v) is 9.63. The first-order valence-electron chi connectivity index (χ1n) is 6.47. The zero-order valence-electron chi connectivity index (χ0n) is 9.63. The first-order valence-corrected chi connectivity index (χ1v) is 6.47. The molecule has 3 nitrogen and oxygen atoms in total. The van der Waals surface area contributed by atoms with E-state index < -0.39 is 0 Å². The summed E-state index contributed by atoms with van der Waals surface area (Å²) < 4.78 is 5.53. The van der Waals surface area contributed by atoms with E-state index in [0.717, 1.165) is 38.3 Å². The molecular weight excluding hydrogens is 188 g/mol. The maximum absolute atomic E-state index is 5.53. The van der Waals surface area contributed by atoms with Crippen molar-refractivity contribution in [3.05, 3.63) is 0 Å². The lowest BCUT2D eigenvalue weighted by atomic mass is 10.4. The Morgan fingerprint density at radius 2 is 1.87 bits per heavy atom. The van der Waals surface area contributed by atoms with E-state index in [1.165, 1.54) is 38.6 Å². The van der Waals surface area contributed by atoms with Crippen molar-refractivity contribution in [3.8, 4) is 0 Å². The molecule has 3 heteroatoms. The third kappa shape index (κ3) is 6.13. The van der Waals surface area contributed by atoms with Crippen molar-refractivity contribution >= 4 is 0 Å². The summed E-state index contributed by atoms with van der Waals surface area (Å²) in [6.45, 7) is 5.17. The molecule has 15 heavy (non-hydrogen) atoms. The SMILES string of the molecule is C(CNCCOCC1CC1)CNC1CC1. The van der Waals surface area contributed by atoms with E-state index in [1.807, 2.05) is 0 Å². The summed E-state index contributed by atoms with van der Waals surface area (Å²) in [7, 11) is 0. The van der Waals surface area contributed by atoms with Gasteiger partial charge < -0.3 is 15.4 Å². The van der Waals surface area contributed by atoms with E-state index in [9.17, 15) is 0 Å². The number of hydrogen-bond donors (Lipinski definition) is 2. The summed E-state index contributed by atoms with van der Waals surface area (Å²) in [5.41, 5.74) is 0. The zero-order chi connectivity index (χ0) is 10.3. The van der Waals surface area contributed by atoms with Gasteiger partial charge in [0.15, 0.2) is 0 Å². The molecule has 0 aromatic carbocycles. The minimum atomic E-state index is 0.854. The van der Waals surface area contributed by atoms with Crippen LogP contribution in [0.15, 0.2) is 0 Å². The highest BCUT2D eigenvalue weighted by Gasteiger charge is 2.20. The molecule has 0 amide bonds. The molecule has 0 heterocycles. The fourth-order valence-corrected chi connectivity index (χ4v) is 1.61. The molecule has 88 valence electrons. The third-order valence-corrected chi connectivity index (χ3v) is 3.01. The number of nitrogens with one attached hydrogen (secondary N) is 2. The molecule has 0 saturated heterocycles. The standard InChI is InChI=1S/C12H24N2O/c1(7-14-12-4-5-12)6-13-8-9-15-10-11-2-3-11/h11-14H,1-10H2. The first-order chi connectivity index (χ1) is 7.45. The van der Waals surface area contributed by atoms with Crippen molar-refractivity contribution in [1.29, 1.82) is 0 Å². The van der Waals surface area contributed by atoms with Crippen LogP contribution < -0.4 is 10.6 Å². The topological polar surface area (TPSA) is 33.3 Å². The average Bonchev–Trinajstić information content (AvgIpc) is 3.10.